The van der Waals surface area contributed by atoms with Crippen molar-refractivity contribution in [3.8, 4) is 0 Å². The molecule has 9 heteroatoms. The van der Waals surface area contributed by atoms with Gasteiger partial charge in [-0.05, 0) is 60.7 Å². The van der Waals surface area contributed by atoms with Crippen molar-refractivity contribution < 1.29 is 21.6 Å². The zero-order valence-electron chi connectivity index (χ0n) is 17.4. The zero-order chi connectivity index (χ0) is 21.9. The summed E-state index contributed by atoms with van der Waals surface area (Å²) in [6.45, 7) is 4.77. The van der Waals surface area contributed by atoms with E-state index in [1.54, 1.807) is 25.2 Å². The van der Waals surface area contributed by atoms with E-state index in [0.29, 0.717) is 31.6 Å². The van der Waals surface area contributed by atoms with Gasteiger partial charge in [0.15, 0.2) is 0 Å². The number of sulfonamides is 1. The maximum Gasteiger partial charge on any atom is 0.241 e. The van der Waals surface area contributed by atoms with Gasteiger partial charge < -0.3 is 10.1 Å². The summed E-state index contributed by atoms with van der Waals surface area (Å²) in [7, 11) is -6.01. The summed E-state index contributed by atoms with van der Waals surface area (Å²) < 4.78 is 60.6. The Balaban J connectivity index is 2.03. The van der Waals surface area contributed by atoms with Crippen LogP contribution in [0.4, 0.5) is 5.69 Å². The van der Waals surface area contributed by atoms with Crippen molar-refractivity contribution in [1.82, 2.24) is 4.72 Å². The lowest BCUT2D eigenvalue weighted by atomic mass is 10.0. The molecule has 2 aromatic carbocycles. The van der Waals surface area contributed by atoms with E-state index in [-0.39, 0.29) is 26.6 Å². The van der Waals surface area contributed by atoms with Crippen LogP contribution in [0, 0.1) is 0 Å². The maximum atomic E-state index is 13.2. The van der Waals surface area contributed by atoms with Crippen LogP contribution in [0.25, 0.3) is 0 Å². The molecule has 1 aliphatic rings. The molecule has 1 heterocycles. The predicted octanol–water partition coefficient (Wildman–Crippen LogP) is 3.14. The van der Waals surface area contributed by atoms with E-state index in [0.717, 1.165) is 5.69 Å². The smallest absolute Gasteiger partial charge is 0.241 e. The van der Waals surface area contributed by atoms with Gasteiger partial charge in [0.1, 0.15) is 0 Å². The van der Waals surface area contributed by atoms with Crippen molar-refractivity contribution in [3.05, 3.63) is 48.0 Å². The normalized spacial score (nSPS) is 16.0. The topological polar surface area (TPSA) is 102 Å². The number of nitrogens with one attached hydrogen (secondary N) is 2. The lowest BCUT2D eigenvalue weighted by molar-refractivity contribution is 0.0832. The van der Waals surface area contributed by atoms with Gasteiger partial charge in [-0.3, -0.25) is 0 Å². The predicted molar refractivity (Wildman–Crippen MR) is 116 cm³/mol. The van der Waals surface area contributed by atoms with Gasteiger partial charge in [0.05, 0.1) is 14.7 Å². The molecule has 0 radical (unpaired) electrons. The molecule has 3 rings (SSSR count). The molecule has 30 heavy (non-hydrogen) atoms. The molecule has 0 amide bonds. The Morgan fingerprint density at radius 1 is 0.933 bits per heavy atom. The second-order valence-electron chi connectivity index (χ2n) is 7.64. The van der Waals surface area contributed by atoms with Crippen LogP contribution in [-0.2, 0) is 24.6 Å². The lowest BCUT2D eigenvalue weighted by Gasteiger charge is -2.24. The van der Waals surface area contributed by atoms with Crippen molar-refractivity contribution in [2.24, 2.45) is 0 Å². The number of hydrogen-bond donors (Lipinski definition) is 2. The number of hydrogen-bond acceptors (Lipinski definition) is 6. The number of sulfone groups is 1. The maximum absolute atomic E-state index is 13.2. The molecule has 164 valence electrons. The highest BCUT2D eigenvalue weighted by Gasteiger charge is 2.28. The Bertz CT molecular complexity index is 1090. The molecule has 0 saturated carbocycles. The summed E-state index contributed by atoms with van der Waals surface area (Å²) in [4.78, 5) is 0.0768. The number of benzene rings is 2. The molecular weight excluding hydrogens is 424 g/mol. The zero-order valence-corrected chi connectivity index (χ0v) is 19.0. The highest BCUT2D eigenvalue weighted by Crippen LogP contribution is 2.30. The van der Waals surface area contributed by atoms with Crippen LogP contribution < -0.4 is 10.0 Å². The summed E-state index contributed by atoms with van der Waals surface area (Å²) in [5.74, 6) is -0.0852. The van der Waals surface area contributed by atoms with Gasteiger partial charge in [0.2, 0.25) is 19.9 Å². The Labute approximate surface area is 178 Å². The minimum Gasteiger partial charge on any atom is -0.388 e. The standard InChI is InChI=1S/C21H28N2O5S2/c1-15(2)20-9-8-19(29(24,25)18-6-4-16(22-3)5-7-18)14-21(20)30(26,27)23-17-10-12-28-13-11-17/h4-9,14-15,17,22-23H,10-13H2,1-3H3. The summed E-state index contributed by atoms with van der Waals surface area (Å²) in [5, 5.41) is 2.94. The van der Waals surface area contributed by atoms with Crippen molar-refractivity contribution in [2.75, 3.05) is 25.6 Å². The van der Waals surface area contributed by atoms with Gasteiger partial charge in [0.25, 0.3) is 0 Å². The first-order chi connectivity index (χ1) is 14.1. The first-order valence-corrected chi connectivity index (χ1v) is 12.9. The first-order valence-electron chi connectivity index (χ1n) is 9.92. The van der Waals surface area contributed by atoms with Gasteiger partial charge in [-0.15, -0.1) is 0 Å². The summed E-state index contributed by atoms with van der Waals surface area (Å²) in [6, 6.07) is 10.5. The third-order valence-corrected chi connectivity index (χ3v) is 8.55. The van der Waals surface area contributed by atoms with Crippen LogP contribution in [0.1, 0.15) is 38.2 Å². The second kappa shape index (κ2) is 9.05. The third-order valence-electron chi connectivity index (χ3n) is 5.20. The Morgan fingerprint density at radius 3 is 2.10 bits per heavy atom. The second-order valence-corrected chi connectivity index (χ2v) is 11.3. The molecule has 0 bridgehead atoms. The molecule has 2 N–H and O–H groups in total. The van der Waals surface area contributed by atoms with Gasteiger partial charge in [-0.2, -0.15) is 0 Å². The minimum absolute atomic E-state index is 0.0110. The van der Waals surface area contributed by atoms with Crippen molar-refractivity contribution >= 4 is 25.5 Å². The Kier molecular flexibility index (Phi) is 6.86. The monoisotopic (exact) mass is 452 g/mol. The van der Waals surface area contributed by atoms with Crippen molar-refractivity contribution in [2.45, 2.75) is 53.3 Å². The van der Waals surface area contributed by atoms with E-state index in [1.165, 1.54) is 24.3 Å². The average molecular weight is 453 g/mol. The van der Waals surface area contributed by atoms with E-state index in [1.807, 2.05) is 13.8 Å². The lowest BCUT2D eigenvalue weighted by Crippen LogP contribution is -2.39. The quantitative estimate of drug-likeness (QED) is 0.669. The van der Waals surface area contributed by atoms with E-state index >= 15 is 0 Å². The van der Waals surface area contributed by atoms with E-state index in [2.05, 4.69) is 10.0 Å². The van der Waals surface area contributed by atoms with Gasteiger partial charge in [0, 0.05) is 32.0 Å². The third kappa shape index (κ3) is 4.85. The van der Waals surface area contributed by atoms with Gasteiger partial charge in [-0.1, -0.05) is 19.9 Å². The van der Waals surface area contributed by atoms with Crippen LogP contribution >= 0.6 is 0 Å². The summed E-state index contributed by atoms with van der Waals surface area (Å²) in [5.41, 5.74) is 1.37. The largest absolute Gasteiger partial charge is 0.388 e. The fourth-order valence-electron chi connectivity index (χ4n) is 3.43. The first kappa shape index (κ1) is 22.7. The van der Waals surface area contributed by atoms with Crippen molar-refractivity contribution in [3.63, 3.8) is 0 Å². The SMILES string of the molecule is CNc1ccc(S(=O)(=O)c2ccc(C(C)C)c(S(=O)(=O)NC3CCOCC3)c2)cc1. The summed E-state index contributed by atoms with van der Waals surface area (Å²) in [6.07, 6.45) is 1.18. The number of rotatable bonds is 7. The van der Waals surface area contributed by atoms with Crippen LogP contribution in [0.5, 0.6) is 0 Å². The fourth-order valence-corrected chi connectivity index (χ4v) is 6.49. The molecule has 0 aromatic heterocycles. The van der Waals surface area contributed by atoms with Gasteiger partial charge in [-0.25, -0.2) is 21.6 Å². The molecule has 1 saturated heterocycles. The molecule has 0 spiro atoms. The average Bonchev–Trinajstić information content (AvgIpc) is 2.73. The van der Waals surface area contributed by atoms with Crippen LogP contribution in [0.2, 0.25) is 0 Å². The van der Waals surface area contributed by atoms with E-state index < -0.39 is 19.9 Å². The van der Waals surface area contributed by atoms with Crippen LogP contribution in [-0.4, -0.2) is 43.1 Å². The number of ether oxygens (including phenoxy) is 1. The highest BCUT2D eigenvalue weighted by atomic mass is 32.2. The van der Waals surface area contributed by atoms with Crippen LogP contribution in [0.3, 0.4) is 0 Å². The Hall–Kier alpha value is -1.94. The molecule has 7 nitrogen and oxygen atoms in total. The Morgan fingerprint density at radius 2 is 1.53 bits per heavy atom. The molecular formula is C21H28N2O5S2. The minimum atomic E-state index is -3.89. The molecule has 1 fully saturated rings. The number of anilines is 1. The molecule has 1 aliphatic heterocycles. The van der Waals surface area contributed by atoms with Gasteiger partial charge >= 0.3 is 0 Å². The highest BCUT2D eigenvalue weighted by molar-refractivity contribution is 7.91. The van der Waals surface area contributed by atoms with E-state index in [4.69, 9.17) is 4.74 Å². The summed E-state index contributed by atoms with van der Waals surface area (Å²) >= 11 is 0. The molecule has 0 aliphatic carbocycles. The van der Waals surface area contributed by atoms with Crippen LogP contribution in [0.15, 0.2) is 57.2 Å². The fraction of sp³-hybridized carbons (Fsp3) is 0.429. The molecule has 0 unspecified atom stereocenters. The van der Waals surface area contributed by atoms with Crippen molar-refractivity contribution in [1.29, 1.82) is 0 Å². The molecule has 0 atom stereocenters. The molecule has 2 aromatic rings. The van der Waals surface area contributed by atoms with E-state index in [9.17, 15) is 16.8 Å².